The second kappa shape index (κ2) is 7.77. The molecule has 1 fully saturated rings. The molecule has 0 radical (unpaired) electrons. The average molecular weight is 296 g/mol. The van der Waals surface area contributed by atoms with Crippen molar-refractivity contribution in [2.75, 3.05) is 33.4 Å². The smallest absolute Gasteiger partial charge is 0.164 e. The molecule has 110 valence electrons. The number of ketones is 1. The Balaban J connectivity index is 1.75. The molecule has 0 N–H and O–H groups in total. The van der Waals surface area contributed by atoms with Crippen LogP contribution in [0.15, 0.2) is 24.3 Å². The molecule has 1 aromatic carbocycles. The van der Waals surface area contributed by atoms with Gasteiger partial charge in [-0.25, -0.2) is 0 Å². The third kappa shape index (κ3) is 4.89. The monoisotopic (exact) mass is 295 g/mol. The predicted molar refractivity (Wildman–Crippen MR) is 81.4 cm³/mol. The number of carbonyl (C=O) groups excluding carboxylic acids is 1. The second-order valence-corrected chi connectivity index (χ2v) is 5.94. The summed E-state index contributed by atoms with van der Waals surface area (Å²) >= 11 is 5.91. The van der Waals surface area contributed by atoms with Crippen LogP contribution in [-0.2, 0) is 4.74 Å². The lowest BCUT2D eigenvalue weighted by Gasteiger charge is -2.26. The fraction of sp³-hybridized carbons (Fsp3) is 0.562. The number of nitrogens with zero attached hydrogens (tertiary/aromatic N) is 1. The molecular weight excluding hydrogens is 274 g/mol. The molecule has 0 saturated carbocycles. The Hall–Kier alpha value is -0.900. The van der Waals surface area contributed by atoms with Crippen LogP contribution in [0, 0.1) is 5.92 Å². The molecule has 20 heavy (non-hydrogen) atoms. The van der Waals surface area contributed by atoms with Crippen molar-refractivity contribution >= 4 is 17.4 Å². The Kier molecular flexibility index (Phi) is 6.02. The van der Waals surface area contributed by atoms with Gasteiger partial charge < -0.3 is 9.64 Å². The van der Waals surface area contributed by atoms with Crippen molar-refractivity contribution in [3.63, 3.8) is 0 Å². The molecule has 2 rings (SSSR count). The molecule has 0 aromatic heterocycles. The molecule has 0 spiro atoms. The molecule has 3 nitrogen and oxygen atoms in total. The molecule has 1 saturated heterocycles. The molecule has 4 heteroatoms. The van der Waals surface area contributed by atoms with Crippen LogP contribution in [0.3, 0.4) is 0 Å². The van der Waals surface area contributed by atoms with E-state index in [0.29, 0.717) is 22.9 Å². The first kappa shape index (κ1) is 15.5. The highest BCUT2D eigenvalue weighted by molar-refractivity contribution is 6.31. The standard InChI is InChI=1S/C16H22ClNO2/c1-18(12-13-6-9-20-10-7-13)8-5-16(19)14-3-2-4-15(17)11-14/h2-4,11,13H,5-10,12H2,1H3. The number of hydrogen-bond acceptors (Lipinski definition) is 3. The summed E-state index contributed by atoms with van der Waals surface area (Å²) in [4.78, 5) is 14.3. The van der Waals surface area contributed by atoms with Gasteiger partial charge in [0.2, 0.25) is 0 Å². The Bertz CT molecular complexity index is 444. The van der Waals surface area contributed by atoms with Gasteiger partial charge in [-0.15, -0.1) is 0 Å². The Morgan fingerprint density at radius 2 is 2.15 bits per heavy atom. The first-order valence-electron chi connectivity index (χ1n) is 7.20. The summed E-state index contributed by atoms with van der Waals surface area (Å²) in [5.41, 5.74) is 0.706. The van der Waals surface area contributed by atoms with Gasteiger partial charge in [-0.1, -0.05) is 23.7 Å². The quantitative estimate of drug-likeness (QED) is 0.754. The lowest BCUT2D eigenvalue weighted by Crippen LogP contribution is -2.31. The summed E-state index contributed by atoms with van der Waals surface area (Å²) in [6.07, 6.45) is 2.80. The Morgan fingerprint density at radius 1 is 1.40 bits per heavy atom. The van der Waals surface area contributed by atoms with E-state index in [1.807, 2.05) is 12.1 Å². The summed E-state index contributed by atoms with van der Waals surface area (Å²) in [5, 5.41) is 0.617. The van der Waals surface area contributed by atoms with E-state index in [2.05, 4.69) is 11.9 Å². The van der Waals surface area contributed by atoms with Crippen LogP contribution in [0.4, 0.5) is 0 Å². The number of hydrogen-bond donors (Lipinski definition) is 0. The SMILES string of the molecule is CN(CCC(=O)c1cccc(Cl)c1)CC1CCOCC1. The van der Waals surface area contributed by atoms with E-state index in [1.165, 1.54) is 0 Å². The van der Waals surface area contributed by atoms with Gasteiger partial charge in [0.05, 0.1) is 0 Å². The summed E-state index contributed by atoms with van der Waals surface area (Å²) in [6, 6.07) is 7.17. The van der Waals surface area contributed by atoms with E-state index < -0.39 is 0 Å². The molecule has 0 unspecified atom stereocenters. The highest BCUT2D eigenvalue weighted by Gasteiger charge is 2.16. The van der Waals surface area contributed by atoms with Crippen LogP contribution in [0.25, 0.3) is 0 Å². The van der Waals surface area contributed by atoms with E-state index in [9.17, 15) is 4.79 Å². The van der Waals surface area contributed by atoms with E-state index >= 15 is 0 Å². The number of Topliss-reactive ketones (excluding diaryl/α,β-unsaturated/α-hetero) is 1. The molecular formula is C16H22ClNO2. The minimum atomic E-state index is 0.159. The summed E-state index contributed by atoms with van der Waals surface area (Å²) in [6.45, 7) is 3.59. The maximum Gasteiger partial charge on any atom is 0.164 e. The summed E-state index contributed by atoms with van der Waals surface area (Å²) in [7, 11) is 2.08. The molecule has 0 bridgehead atoms. The van der Waals surface area contributed by atoms with Gasteiger partial charge in [0.15, 0.2) is 5.78 Å². The zero-order valence-electron chi connectivity index (χ0n) is 12.0. The summed E-state index contributed by atoms with van der Waals surface area (Å²) in [5.74, 6) is 0.862. The van der Waals surface area contributed by atoms with Gasteiger partial charge in [0, 0.05) is 43.3 Å². The van der Waals surface area contributed by atoms with Crippen molar-refractivity contribution < 1.29 is 9.53 Å². The largest absolute Gasteiger partial charge is 0.381 e. The predicted octanol–water partition coefficient (Wildman–Crippen LogP) is 3.27. The molecule has 1 aliphatic rings. The van der Waals surface area contributed by atoms with E-state index in [4.69, 9.17) is 16.3 Å². The Labute approximate surface area is 125 Å². The molecule has 1 aromatic rings. The molecule has 0 amide bonds. The topological polar surface area (TPSA) is 29.5 Å². The summed E-state index contributed by atoms with van der Waals surface area (Å²) < 4.78 is 5.36. The maximum atomic E-state index is 12.1. The number of benzene rings is 1. The van der Waals surface area contributed by atoms with Gasteiger partial charge in [0.25, 0.3) is 0 Å². The van der Waals surface area contributed by atoms with Crippen molar-refractivity contribution in [2.45, 2.75) is 19.3 Å². The second-order valence-electron chi connectivity index (χ2n) is 5.50. The third-order valence-electron chi connectivity index (χ3n) is 3.78. The fourth-order valence-electron chi connectivity index (χ4n) is 2.56. The highest BCUT2D eigenvalue weighted by Crippen LogP contribution is 2.16. The lowest BCUT2D eigenvalue weighted by atomic mass is 9.99. The van der Waals surface area contributed by atoms with Crippen LogP contribution in [-0.4, -0.2) is 44.0 Å². The van der Waals surface area contributed by atoms with E-state index in [-0.39, 0.29) is 5.78 Å². The minimum Gasteiger partial charge on any atom is -0.381 e. The van der Waals surface area contributed by atoms with Crippen molar-refractivity contribution in [1.82, 2.24) is 4.90 Å². The van der Waals surface area contributed by atoms with Crippen molar-refractivity contribution in [3.8, 4) is 0 Å². The van der Waals surface area contributed by atoms with Crippen molar-refractivity contribution in [3.05, 3.63) is 34.9 Å². The number of rotatable bonds is 6. The number of carbonyl (C=O) groups is 1. The van der Waals surface area contributed by atoms with E-state index in [1.54, 1.807) is 12.1 Å². The maximum absolute atomic E-state index is 12.1. The van der Waals surface area contributed by atoms with Crippen LogP contribution >= 0.6 is 11.6 Å². The number of ether oxygens (including phenoxy) is 1. The fourth-order valence-corrected chi connectivity index (χ4v) is 2.75. The minimum absolute atomic E-state index is 0.159. The van der Waals surface area contributed by atoms with Crippen LogP contribution in [0.2, 0.25) is 5.02 Å². The van der Waals surface area contributed by atoms with Gasteiger partial charge in [-0.3, -0.25) is 4.79 Å². The van der Waals surface area contributed by atoms with Crippen LogP contribution in [0.1, 0.15) is 29.6 Å². The first-order chi connectivity index (χ1) is 9.65. The zero-order chi connectivity index (χ0) is 14.4. The molecule has 1 heterocycles. The van der Waals surface area contributed by atoms with Crippen molar-refractivity contribution in [1.29, 1.82) is 0 Å². The van der Waals surface area contributed by atoms with Crippen LogP contribution in [0.5, 0.6) is 0 Å². The average Bonchev–Trinajstić information content (AvgIpc) is 2.46. The highest BCUT2D eigenvalue weighted by atomic mass is 35.5. The van der Waals surface area contributed by atoms with Crippen molar-refractivity contribution in [2.24, 2.45) is 5.92 Å². The van der Waals surface area contributed by atoms with Gasteiger partial charge in [-0.05, 0) is 37.9 Å². The van der Waals surface area contributed by atoms with Gasteiger partial charge >= 0.3 is 0 Å². The third-order valence-corrected chi connectivity index (χ3v) is 4.01. The molecule has 0 atom stereocenters. The lowest BCUT2D eigenvalue weighted by molar-refractivity contribution is 0.0553. The van der Waals surface area contributed by atoms with Gasteiger partial charge in [0.1, 0.15) is 0 Å². The normalized spacial score (nSPS) is 16.6. The molecule has 1 aliphatic heterocycles. The van der Waals surface area contributed by atoms with E-state index in [0.717, 1.165) is 39.1 Å². The van der Waals surface area contributed by atoms with Crippen LogP contribution < -0.4 is 0 Å². The number of halogens is 1. The zero-order valence-corrected chi connectivity index (χ0v) is 12.7. The molecule has 0 aliphatic carbocycles. The first-order valence-corrected chi connectivity index (χ1v) is 7.58. The Morgan fingerprint density at radius 3 is 2.85 bits per heavy atom. The van der Waals surface area contributed by atoms with Gasteiger partial charge in [-0.2, -0.15) is 0 Å².